The standard InChI is InChI=1S/C14H16N4O5/c1-22-6-7-23-11-4-2-10(3-5-11)15-13(19)9-18-8-12(14(20)21)16-17-18/h2-5,8H,6-7,9H2,1H3,(H,15,19)(H,20,21). The lowest BCUT2D eigenvalue weighted by molar-refractivity contribution is -0.116. The van der Waals surface area contributed by atoms with Crippen LogP contribution < -0.4 is 10.1 Å². The van der Waals surface area contributed by atoms with E-state index in [1.807, 2.05) is 0 Å². The number of rotatable bonds is 8. The Morgan fingerprint density at radius 2 is 2.00 bits per heavy atom. The fraction of sp³-hybridized carbons (Fsp3) is 0.286. The molecule has 0 bridgehead atoms. The van der Waals surface area contributed by atoms with Crippen LogP contribution in [0.1, 0.15) is 10.5 Å². The molecule has 0 fully saturated rings. The van der Waals surface area contributed by atoms with Crippen molar-refractivity contribution in [2.75, 3.05) is 25.6 Å². The van der Waals surface area contributed by atoms with E-state index >= 15 is 0 Å². The fourth-order valence-corrected chi connectivity index (χ4v) is 1.70. The molecule has 0 saturated carbocycles. The third kappa shape index (κ3) is 5.08. The normalized spacial score (nSPS) is 10.3. The predicted molar refractivity (Wildman–Crippen MR) is 79.4 cm³/mol. The van der Waals surface area contributed by atoms with Crippen LogP contribution in [0.4, 0.5) is 5.69 Å². The zero-order chi connectivity index (χ0) is 16.7. The highest BCUT2D eigenvalue weighted by Gasteiger charge is 2.10. The van der Waals surface area contributed by atoms with E-state index in [-0.39, 0.29) is 18.1 Å². The summed E-state index contributed by atoms with van der Waals surface area (Å²) in [6, 6.07) is 6.85. The van der Waals surface area contributed by atoms with Gasteiger partial charge in [0.2, 0.25) is 5.91 Å². The third-order valence-corrected chi connectivity index (χ3v) is 2.76. The molecule has 2 N–H and O–H groups in total. The molecule has 1 heterocycles. The second-order valence-corrected chi connectivity index (χ2v) is 4.52. The first-order valence-corrected chi connectivity index (χ1v) is 6.73. The molecular weight excluding hydrogens is 304 g/mol. The van der Waals surface area contributed by atoms with Gasteiger partial charge in [-0.05, 0) is 24.3 Å². The van der Waals surface area contributed by atoms with Crippen molar-refractivity contribution in [3.8, 4) is 5.75 Å². The monoisotopic (exact) mass is 320 g/mol. The number of nitrogens with one attached hydrogen (secondary N) is 1. The second kappa shape index (κ2) is 7.90. The van der Waals surface area contributed by atoms with E-state index in [0.717, 1.165) is 4.68 Å². The van der Waals surface area contributed by atoms with E-state index in [1.54, 1.807) is 31.4 Å². The maximum absolute atomic E-state index is 11.9. The van der Waals surface area contributed by atoms with E-state index in [9.17, 15) is 9.59 Å². The average Bonchev–Trinajstić information content (AvgIpc) is 2.98. The van der Waals surface area contributed by atoms with Gasteiger partial charge in [0.05, 0.1) is 12.8 Å². The zero-order valence-corrected chi connectivity index (χ0v) is 12.4. The van der Waals surface area contributed by atoms with Crippen LogP contribution in [-0.4, -0.2) is 52.3 Å². The van der Waals surface area contributed by atoms with Crippen LogP contribution in [-0.2, 0) is 16.1 Å². The van der Waals surface area contributed by atoms with Crippen molar-refractivity contribution >= 4 is 17.6 Å². The molecule has 0 atom stereocenters. The quantitative estimate of drug-likeness (QED) is 0.686. The summed E-state index contributed by atoms with van der Waals surface area (Å²) >= 11 is 0. The van der Waals surface area contributed by atoms with Crippen molar-refractivity contribution in [1.82, 2.24) is 15.0 Å². The molecule has 122 valence electrons. The summed E-state index contributed by atoms with van der Waals surface area (Å²) in [4.78, 5) is 22.5. The molecule has 0 aliphatic heterocycles. The van der Waals surface area contributed by atoms with Gasteiger partial charge in [0.1, 0.15) is 18.9 Å². The molecule has 0 aliphatic rings. The van der Waals surface area contributed by atoms with Crippen molar-refractivity contribution < 1.29 is 24.2 Å². The molecule has 0 saturated heterocycles. The molecule has 2 aromatic rings. The van der Waals surface area contributed by atoms with Crippen molar-refractivity contribution in [1.29, 1.82) is 0 Å². The predicted octanol–water partition coefficient (Wildman–Crippen LogP) is 0.640. The number of carboxylic acid groups (broad SMARTS) is 1. The van der Waals surface area contributed by atoms with Gasteiger partial charge in [-0.3, -0.25) is 4.79 Å². The number of carboxylic acids is 1. The highest BCUT2D eigenvalue weighted by atomic mass is 16.5. The highest BCUT2D eigenvalue weighted by molar-refractivity contribution is 5.90. The van der Waals surface area contributed by atoms with Crippen LogP contribution in [0.3, 0.4) is 0 Å². The van der Waals surface area contributed by atoms with Crippen molar-refractivity contribution in [2.24, 2.45) is 0 Å². The number of aromatic nitrogens is 3. The lowest BCUT2D eigenvalue weighted by atomic mass is 10.3. The van der Waals surface area contributed by atoms with E-state index in [4.69, 9.17) is 14.6 Å². The first-order valence-electron chi connectivity index (χ1n) is 6.73. The molecule has 1 amide bonds. The van der Waals surface area contributed by atoms with E-state index in [1.165, 1.54) is 6.20 Å². The number of hydrogen-bond acceptors (Lipinski definition) is 6. The van der Waals surface area contributed by atoms with Crippen LogP contribution in [0, 0.1) is 0 Å². The van der Waals surface area contributed by atoms with Crippen LogP contribution >= 0.6 is 0 Å². The van der Waals surface area contributed by atoms with E-state index in [2.05, 4.69) is 15.6 Å². The van der Waals surface area contributed by atoms with Crippen LogP contribution in [0.5, 0.6) is 5.75 Å². The summed E-state index contributed by atoms with van der Waals surface area (Å²) in [5.41, 5.74) is 0.378. The summed E-state index contributed by atoms with van der Waals surface area (Å²) in [5, 5.41) is 18.4. The highest BCUT2D eigenvalue weighted by Crippen LogP contribution is 2.15. The second-order valence-electron chi connectivity index (χ2n) is 4.52. The molecule has 0 radical (unpaired) electrons. The zero-order valence-electron chi connectivity index (χ0n) is 12.4. The number of hydrogen-bond donors (Lipinski definition) is 2. The Morgan fingerprint density at radius 1 is 1.26 bits per heavy atom. The molecular formula is C14H16N4O5. The third-order valence-electron chi connectivity index (χ3n) is 2.76. The van der Waals surface area contributed by atoms with E-state index < -0.39 is 5.97 Å². The van der Waals surface area contributed by atoms with Gasteiger partial charge >= 0.3 is 5.97 Å². The van der Waals surface area contributed by atoms with Gasteiger partial charge in [-0.15, -0.1) is 5.10 Å². The van der Waals surface area contributed by atoms with Gasteiger partial charge in [0.25, 0.3) is 0 Å². The molecule has 0 spiro atoms. The minimum Gasteiger partial charge on any atom is -0.491 e. The maximum atomic E-state index is 11.9. The van der Waals surface area contributed by atoms with Gasteiger partial charge in [-0.25, -0.2) is 9.48 Å². The Balaban J connectivity index is 1.85. The summed E-state index contributed by atoms with van der Waals surface area (Å²) < 4.78 is 11.4. The minimum absolute atomic E-state index is 0.133. The molecule has 1 aromatic heterocycles. The lowest BCUT2D eigenvalue weighted by Gasteiger charge is -2.08. The number of carbonyl (C=O) groups excluding carboxylic acids is 1. The topological polar surface area (TPSA) is 116 Å². The minimum atomic E-state index is -1.19. The summed E-state index contributed by atoms with van der Waals surface area (Å²) in [7, 11) is 1.59. The Labute approximate surface area is 131 Å². The summed E-state index contributed by atoms with van der Waals surface area (Å²) in [6.45, 7) is 0.807. The first-order chi connectivity index (χ1) is 11.1. The smallest absolute Gasteiger partial charge is 0.358 e. The van der Waals surface area contributed by atoms with Crippen LogP contribution in [0.25, 0.3) is 0 Å². The number of benzene rings is 1. The van der Waals surface area contributed by atoms with Gasteiger partial charge in [-0.1, -0.05) is 5.21 Å². The van der Waals surface area contributed by atoms with E-state index in [0.29, 0.717) is 24.7 Å². The number of methoxy groups -OCH3 is 1. The Bertz CT molecular complexity index is 668. The number of aromatic carboxylic acids is 1. The van der Waals surface area contributed by atoms with Gasteiger partial charge < -0.3 is 19.9 Å². The molecule has 23 heavy (non-hydrogen) atoms. The van der Waals surface area contributed by atoms with Crippen LogP contribution in [0.15, 0.2) is 30.5 Å². The lowest BCUT2D eigenvalue weighted by Crippen LogP contribution is -2.19. The average molecular weight is 320 g/mol. The first kappa shape index (κ1) is 16.4. The van der Waals surface area contributed by atoms with Crippen LogP contribution in [0.2, 0.25) is 0 Å². The number of ether oxygens (including phenoxy) is 2. The largest absolute Gasteiger partial charge is 0.491 e. The molecule has 9 heteroatoms. The number of amides is 1. The van der Waals surface area contributed by atoms with Gasteiger partial charge in [0.15, 0.2) is 5.69 Å². The number of carbonyl (C=O) groups is 2. The number of anilines is 1. The van der Waals surface area contributed by atoms with Gasteiger partial charge in [-0.2, -0.15) is 0 Å². The van der Waals surface area contributed by atoms with Crippen molar-refractivity contribution in [3.63, 3.8) is 0 Å². The Morgan fingerprint density at radius 3 is 2.61 bits per heavy atom. The molecule has 0 unspecified atom stereocenters. The fourth-order valence-electron chi connectivity index (χ4n) is 1.70. The van der Waals surface area contributed by atoms with Gasteiger partial charge in [0, 0.05) is 12.8 Å². The van der Waals surface area contributed by atoms with Crippen molar-refractivity contribution in [2.45, 2.75) is 6.54 Å². The molecule has 0 aliphatic carbocycles. The van der Waals surface area contributed by atoms with Crippen molar-refractivity contribution in [3.05, 3.63) is 36.2 Å². The number of nitrogens with zero attached hydrogens (tertiary/aromatic N) is 3. The summed E-state index contributed by atoms with van der Waals surface area (Å²) in [5.74, 6) is -0.872. The Kier molecular flexibility index (Phi) is 5.64. The SMILES string of the molecule is COCCOc1ccc(NC(=O)Cn2cc(C(=O)O)nn2)cc1. The molecule has 1 aromatic carbocycles. The summed E-state index contributed by atoms with van der Waals surface area (Å²) in [6.07, 6.45) is 1.19. The maximum Gasteiger partial charge on any atom is 0.358 e. The molecule has 2 rings (SSSR count). The molecule has 9 nitrogen and oxygen atoms in total. The Hall–Kier alpha value is -2.94.